The van der Waals surface area contributed by atoms with E-state index in [9.17, 15) is 14.7 Å². The van der Waals surface area contributed by atoms with Crippen molar-refractivity contribution < 1.29 is 33.6 Å². The number of cyclic esters (lactones) is 1. The van der Waals surface area contributed by atoms with Crippen molar-refractivity contribution in [2.45, 2.75) is 218 Å². The fourth-order valence-corrected chi connectivity index (χ4v) is 7.63. The van der Waals surface area contributed by atoms with Crippen LogP contribution < -0.4 is 0 Å². The second-order valence-corrected chi connectivity index (χ2v) is 14.5. The summed E-state index contributed by atoms with van der Waals surface area (Å²) in [7, 11) is 0. The smallest absolute Gasteiger partial charge is 0.317 e. The minimum atomic E-state index is -0.400. The predicted octanol–water partition coefficient (Wildman–Crippen LogP) is 9.66. The third kappa shape index (κ3) is 15.2. The van der Waals surface area contributed by atoms with E-state index in [2.05, 4.69) is 6.92 Å². The Morgan fingerprint density at radius 3 is 1.80 bits per heavy atom. The van der Waals surface area contributed by atoms with Crippen LogP contribution in [0.2, 0.25) is 0 Å². The molecule has 266 valence electrons. The molecule has 0 spiro atoms. The summed E-state index contributed by atoms with van der Waals surface area (Å²) < 4.78 is 23.7. The Labute approximate surface area is 280 Å². The number of carbonyl (C=O) groups is 2. The fourth-order valence-electron chi connectivity index (χ4n) is 7.63. The lowest BCUT2D eigenvalue weighted by atomic mass is 9.99. The molecule has 7 nitrogen and oxygen atoms in total. The summed E-state index contributed by atoms with van der Waals surface area (Å²) in [5.74, 6) is 0.441. The molecular formula is C39H68O7. The van der Waals surface area contributed by atoms with E-state index in [4.69, 9.17) is 18.9 Å². The normalized spacial score (nSPS) is 25.9. The molecule has 0 aromatic carbocycles. The quantitative estimate of drug-likeness (QED) is 0.0737. The second kappa shape index (κ2) is 23.0. The summed E-state index contributed by atoms with van der Waals surface area (Å²) >= 11 is 0. The number of ether oxygens (including phenoxy) is 4. The Morgan fingerprint density at radius 2 is 1.26 bits per heavy atom. The highest BCUT2D eigenvalue weighted by Gasteiger charge is 2.41. The van der Waals surface area contributed by atoms with E-state index in [-0.39, 0.29) is 48.4 Å². The van der Waals surface area contributed by atoms with Gasteiger partial charge in [-0.3, -0.25) is 9.59 Å². The Bertz CT molecular complexity index is 872. The third-order valence-electron chi connectivity index (χ3n) is 10.4. The molecule has 0 saturated carbocycles. The first-order valence-corrected chi connectivity index (χ1v) is 19.4. The Hall–Kier alpha value is -1.44. The molecular weight excluding hydrogens is 580 g/mol. The Balaban J connectivity index is 1.18. The van der Waals surface area contributed by atoms with E-state index in [1.54, 1.807) is 0 Å². The maximum Gasteiger partial charge on any atom is 0.317 e. The summed E-state index contributed by atoms with van der Waals surface area (Å²) in [6.45, 7) is 5.60. The number of carbonyl (C=O) groups excluding carboxylic acids is 2. The van der Waals surface area contributed by atoms with Crippen LogP contribution in [-0.2, 0) is 28.5 Å². The van der Waals surface area contributed by atoms with E-state index in [0.717, 1.165) is 70.0 Å². The number of aliphatic hydroxyl groups is 1. The van der Waals surface area contributed by atoms with E-state index < -0.39 is 6.10 Å². The SMILES string of the molecule is CCCCCCCCCCC(OC(C)=O)C1CCC(C2CCC(C(O)CCCCCCCCCCCCC3C=C(C)OC3=O)O2)O1. The van der Waals surface area contributed by atoms with Crippen molar-refractivity contribution in [1.29, 1.82) is 0 Å². The number of esters is 2. The van der Waals surface area contributed by atoms with Crippen LogP contribution in [0, 0.1) is 5.92 Å². The number of aliphatic hydroxyl groups excluding tert-OH is 1. The van der Waals surface area contributed by atoms with E-state index in [0.29, 0.717) is 0 Å². The molecule has 46 heavy (non-hydrogen) atoms. The first kappa shape index (κ1) is 39.0. The Kier molecular flexibility index (Phi) is 19.5. The van der Waals surface area contributed by atoms with Crippen LogP contribution in [-0.4, -0.2) is 53.7 Å². The van der Waals surface area contributed by atoms with E-state index in [1.165, 1.54) is 103 Å². The first-order valence-electron chi connectivity index (χ1n) is 19.4. The molecule has 1 N–H and O–H groups in total. The molecule has 0 aliphatic carbocycles. The van der Waals surface area contributed by atoms with E-state index in [1.807, 2.05) is 13.0 Å². The highest BCUT2D eigenvalue weighted by molar-refractivity contribution is 5.78. The van der Waals surface area contributed by atoms with Gasteiger partial charge in [0.05, 0.1) is 36.4 Å². The van der Waals surface area contributed by atoms with Gasteiger partial charge in [0.2, 0.25) is 0 Å². The van der Waals surface area contributed by atoms with Gasteiger partial charge in [-0.05, 0) is 64.4 Å². The lowest BCUT2D eigenvalue weighted by molar-refractivity contribution is -0.158. The molecule has 3 aliphatic heterocycles. The van der Waals surface area contributed by atoms with Crippen LogP contribution in [0.5, 0.6) is 0 Å². The van der Waals surface area contributed by atoms with Crippen molar-refractivity contribution in [2.24, 2.45) is 5.92 Å². The number of rotatable bonds is 26. The molecule has 2 fully saturated rings. The molecule has 3 heterocycles. The highest BCUT2D eigenvalue weighted by Crippen LogP contribution is 2.35. The number of hydrogen-bond donors (Lipinski definition) is 1. The largest absolute Gasteiger partial charge is 0.460 e. The lowest BCUT2D eigenvalue weighted by Gasteiger charge is -2.26. The van der Waals surface area contributed by atoms with Crippen LogP contribution in [0.15, 0.2) is 11.8 Å². The zero-order valence-corrected chi connectivity index (χ0v) is 29.7. The van der Waals surface area contributed by atoms with Gasteiger partial charge in [-0.2, -0.15) is 0 Å². The molecule has 3 rings (SSSR count). The number of allylic oxidation sites excluding steroid dienone is 1. The minimum Gasteiger partial charge on any atom is -0.460 e. The first-order chi connectivity index (χ1) is 22.4. The van der Waals surface area contributed by atoms with Gasteiger partial charge in [-0.1, -0.05) is 116 Å². The molecule has 0 radical (unpaired) electrons. The summed E-state index contributed by atoms with van der Waals surface area (Å²) in [6.07, 6.45) is 29.8. The average Bonchev–Trinajstić information content (AvgIpc) is 3.78. The van der Waals surface area contributed by atoms with Crippen LogP contribution in [0.1, 0.15) is 181 Å². The summed E-state index contributed by atoms with van der Waals surface area (Å²) in [6, 6.07) is 0. The molecule has 7 atom stereocenters. The van der Waals surface area contributed by atoms with Crippen molar-refractivity contribution in [2.75, 3.05) is 0 Å². The second-order valence-electron chi connectivity index (χ2n) is 14.5. The minimum absolute atomic E-state index is 0.0173. The van der Waals surface area contributed by atoms with Gasteiger partial charge in [0, 0.05) is 6.92 Å². The maximum atomic E-state index is 11.8. The molecule has 7 heteroatoms. The molecule has 0 aromatic rings. The van der Waals surface area contributed by atoms with Gasteiger partial charge < -0.3 is 24.1 Å². The molecule has 2 saturated heterocycles. The maximum absolute atomic E-state index is 11.8. The number of unbranched alkanes of at least 4 members (excludes halogenated alkanes) is 16. The van der Waals surface area contributed by atoms with Crippen molar-refractivity contribution in [3.8, 4) is 0 Å². The zero-order valence-electron chi connectivity index (χ0n) is 29.7. The van der Waals surface area contributed by atoms with Gasteiger partial charge in [-0.25, -0.2) is 0 Å². The van der Waals surface area contributed by atoms with Gasteiger partial charge in [0.1, 0.15) is 11.9 Å². The monoisotopic (exact) mass is 648 g/mol. The highest BCUT2D eigenvalue weighted by atomic mass is 16.6. The van der Waals surface area contributed by atoms with Gasteiger partial charge >= 0.3 is 11.9 Å². The van der Waals surface area contributed by atoms with Crippen molar-refractivity contribution in [3.05, 3.63) is 11.8 Å². The Morgan fingerprint density at radius 1 is 0.761 bits per heavy atom. The summed E-state index contributed by atoms with van der Waals surface area (Å²) in [5.41, 5.74) is 0. The molecule has 0 amide bonds. The van der Waals surface area contributed by atoms with Gasteiger partial charge in [0.25, 0.3) is 0 Å². The standard InChI is InChI=1S/C39H68O7/c1-4-5-6-7-8-15-18-21-24-35(44-31(3)40)36-27-28-38(46-36)37-26-25-34(45-37)33(41)23-20-17-14-12-10-9-11-13-16-19-22-32-29-30(2)43-39(32)42/h29,32-38,41H,4-28H2,1-3H3. The average molecular weight is 649 g/mol. The summed E-state index contributed by atoms with van der Waals surface area (Å²) in [4.78, 5) is 23.5. The van der Waals surface area contributed by atoms with Crippen molar-refractivity contribution >= 4 is 11.9 Å². The molecule has 7 unspecified atom stereocenters. The van der Waals surface area contributed by atoms with E-state index >= 15 is 0 Å². The van der Waals surface area contributed by atoms with Crippen LogP contribution in [0.25, 0.3) is 0 Å². The van der Waals surface area contributed by atoms with Crippen LogP contribution >= 0.6 is 0 Å². The number of hydrogen-bond acceptors (Lipinski definition) is 7. The molecule has 0 aromatic heterocycles. The third-order valence-corrected chi connectivity index (χ3v) is 10.4. The predicted molar refractivity (Wildman–Crippen MR) is 183 cm³/mol. The van der Waals surface area contributed by atoms with Crippen LogP contribution in [0.3, 0.4) is 0 Å². The van der Waals surface area contributed by atoms with Gasteiger partial charge in [-0.15, -0.1) is 0 Å². The van der Waals surface area contributed by atoms with Crippen LogP contribution in [0.4, 0.5) is 0 Å². The van der Waals surface area contributed by atoms with Gasteiger partial charge in [0.15, 0.2) is 0 Å². The molecule has 0 bridgehead atoms. The molecule has 3 aliphatic rings. The lowest BCUT2D eigenvalue weighted by Crippen LogP contribution is -2.34. The fraction of sp³-hybridized carbons (Fsp3) is 0.897. The van der Waals surface area contributed by atoms with Crippen molar-refractivity contribution in [3.63, 3.8) is 0 Å². The zero-order chi connectivity index (χ0) is 33.0. The summed E-state index contributed by atoms with van der Waals surface area (Å²) in [5, 5.41) is 10.8. The topological polar surface area (TPSA) is 91.3 Å². The van der Waals surface area contributed by atoms with Crippen molar-refractivity contribution in [1.82, 2.24) is 0 Å².